The maximum atomic E-state index is 12.0. The molecule has 1 amide bonds. The van der Waals surface area contributed by atoms with Crippen LogP contribution >= 0.6 is 0 Å². The summed E-state index contributed by atoms with van der Waals surface area (Å²) in [5, 5.41) is 2.83. The lowest BCUT2D eigenvalue weighted by atomic mass is 9.80. The molecular weight excluding hydrogens is 250 g/mol. The second kappa shape index (κ2) is 4.80. The van der Waals surface area contributed by atoms with Gasteiger partial charge in [0.05, 0.1) is 0 Å². The second-order valence-electron chi connectivity index (χ2n) is 6.59. The first kappa shape index (κ1) is 12.2. The van der Waals surface area contributed by atoms with Crippen molar-refractivity contribution in [2.24, 2.45) is 23.7 Å². The molecule has 106 valence electrons. The number of hydrogen-bond donors (Lipinski definition) is 1. The molecule has 4 rings (SSSR count). The number of carbonyl (C=O) groups excluding carboxylic acids is 1. The van der Waals surface area contributed by atoms with Crippen LogP contribution < -0.4 is 5.32 Å². The van der Waals surface area contributed by atoms with Gasteiger partial charge in [0.1, 0.15) is 6.10 Å². The summed E-state index contributed by atoms with van der Waals surface area (Å²) >= 11 is 0. The lowest BCUT2D eigenvalue weighted by Crippen LogP contribution is -2.33. The molecule has 0 saturated heterocycles. The molecule has 1 aromatic carbocycles. The van der Waals surface area contributed by atoms with E-state index in [1.54, 1.807) is 0 Å². The van der Waals surface area contributed by atoms with Gasteiger partial charge in [-0.15, -0.1) is 0 Å². The average molecular weight is 271 g/mol. The number of hydrogen-bond acceptors (Lipinski definition) is 2. The Morgan fingerprint density at radius 1 is 1.05 bits per heavy atom. The van der Waals surface area contributed by atoms with Crippen molar-refractivity contribution in [3.63, 3.8) is 0 Å². The number of benzene rings is 1. The van der Waals surface area contributed by atoms with Crippen LogP contribution in [0.15, 0.2) is 30.3 Å². The Balaban J connectivity index is 1.37. The summed E-state index contributed by atoms with van der Waals surface area (Å²) in [5.74, 6) is 3.23. The molecule has 0 aliphatic heterocycles. The molecule has 5 atom stereocenters. The van der Waals surface area contributed by atoms with Gasteiger partial charge in [-0.2, -0.15) is 0 Å². The molecule has 2 bridgehead atoms. The number of anilines is 1. The van der Waals surface area contributed by atoms with Crippen LogP contribution in [-0.4, -0.2) is 12.2 Å². The third-order valence-corrected chi connectivity index (χ3v) is 5.65. The van der Waals surface area contributed by atoms with Gasteiger partial charge in [0.2, 0.25) is 0 Å². The van der Waals surface area contributed by atoms with Gasteiger partial charge in [-0.05, 0) is 61.5 Å². The van der Waals surface area contributed by atoms with E-state index in [9.17, 15) is 4.79 Å². The van der Waals surface area contributed by atoms with Crippen LogP contribution in [0, 0.1) is 23.7 Å². The first-order valence-corrected chi connectivity index (χ1v) is 7.84. The maximum absolute atomic E-state index is 12.0. The molecule has 1 aromatic rings. The van der Waals surface area contributed by atoms with Crippen molar-refractivity contribution in [1.29, 1.82) is 0 Å². The topological polar surface area (TPSA) is 38.3 Å². The SMILES string of the molecule is O=C(Nc1ccccc1)O[C@H]1C[C@@H]2C[C@H]1[C@H]1CCC[C@@H]21. The zero-order valence-electron chi connectivity index (χ0n) is 11.6. The number of ether oxygens (including phenoxy) is 1. The zero-order valence-corrected chi connectivity index (χ0v) is 11.6. The van der Waals surface area contributed by atoms with Gasteiger partial charge in [-0.1, -0.05) is 24.6 Å². The number of fused-ring (bicyclic) bond motifs is 5. The fourth-order valence-electron chi connectivity index (χ4n) is 4.95. The highest BCUT2D eigenvalue weighted by Crippen LogP contribution is 2.59. The first-order chi connectivity index (χ1) is 9.81. The third-order valence-electron chi connectivity index (χ3n) is 5.65. The van der Waals surface area contributed by atoms with Crippen LogP contribution in [-0.2, 0) is 4.74 Å². The van der Waals surface area contributed by atoms with Crippen molar-refractivity contribution in [3.8, 4) is 0 Å². The molecular formula is C17H21NO2. The Morgan fingerprint density at radius 2 is 1.85 bits per heavy atom. The summed E-state index contributed by atoms with van der Waals surface area (Å²) < 4.78 is 5.71. The number of rotatable bonds is 2. The van der Waals surface area contributed by atoms with Gasteiger partial charge >= 0.3 is 6.09 Å². The van der Waals surface area contributed by atoms with Crippen LogP contribution in [0.2, 0.25) is 0 Å². The minimum absolute atomic E-state index is 0.156. The molecule has 3 fully saturated rings. The van der Waals surface area contributed by atoms with E-state index in [1.807, 2.05) is 30.3 Å². The number of para-hydroxylation sites is 1. The summed E-state index contributed by atoms with van der Waals surface area (Å²) in [6, 6.07) is 9.53. The summed E-state index contributed by atoms with van der Waals surface area (Å²) in [7, 11) is 0. The van der Waals surface area contributed by atoms with E-state index in [1.165, 1.54) is 25.7 Å². The Labute approximate surface area is 119 Å². The van der Waals surface area contributed by atoms with E-state index in [-0.39, 0.29) is 12.2 Å². The van der Waals surface area contributed by atoms with Crippen LogP contribution in [0.5, 0.6) is 0 Å². The van der Waals surface area contributed by atoms with E-state index >= 15 is 0 Å². The van der Waals surface area contributed by atoms with Crippen LogP contribution in [0.1, 0.15) is 32.1 Å². The van der Waals surface area contributed by atoms with E-state index in [0.29, 0.717) is 5.92 Å². The highest BCUT2D eigenvalue weighted by molar-refractivity contribution is 5.84. The highest BCUT2D eigenvalue weighted by atomic mass is 16.6. The average Bonchev–Trinajstić information content (AvgIpc) is 3.11. The minimum atomic E-state index is -0.289. The van der Waals surface area contributed by atoms with E-state index in [2.05, 4.69) is 5.32 Å². The Morgan fingerprint density at radius 3 is 2.70 bits per heavy atom. The van der Waals surface area contributed by atoms with Crippen molar-refractivity contribution in [2.45, 2.75) is 38.2 Å². The molecule has 20 heavy (non-hydrogen) atoms. The second-order valence-corrected chi connectivity index (χ2v) is 6.59. The van der Waals surface area contributed by atoms with E-state index in [0.717, 1.165) is 29.9 Å². The fraction of sp³-hybridized carbons (Fsp3) is 0.588. The predicted molar refractivity (Wildman–Crippen MR) is 77.4 cm³/mol. The fourth-order valence-corrected chi connectivity index (χ4v) is 4.95. The Bertz CT molecular complexity index is 501. The first-order valence-electron chi connectivity index (χ1n) is 7.84. The smallest absolute Gasteiger partial charge is 0.411 e. The Hall–Kier alpha value is -1.51. The van der Waals surface area contributed by atoms with Crippen molar-refractivity contribution < 1.29 is 9.53 Å². The minimum Gasteiger partial charge on any atom is -0.446 e. The molecule has 0 spiro atoms. The molecule has 0 radical (unpaired) electrons. The largest absolute Gasteiger partial charge is 0.446 e. The van der Waals surface area contributed by atoms with Gasteiger partial charge < -0.3 is 4.74 Å². The van der Waals surface area contributed by atoms with Crippen molar-refractivity contribution in [2.75, 3.05) is 5.32 Å². The Kier molecular flexibility index (Phi) is 2.94. The van der Waals surface area contributed by atoms with Crippen molar-refractivity contribution in [1.82, 2.24) is 0 Å². The number of carbonyl (C=O) groups is 1. The summed E-state index contributed by atoms with van der Waals surface area (Å²) in [5.41, 5.74) is 0.805. The molecule has 0 heterocycles. The molecule has 3 aliphatic carbocycles. The molecule has 0 aromatic heterocycles. The number of amides is 1. The molecule has 3 saturated carbocycles. The third kappa shape index (κ3) is 2.00. The molecule has 3 heteroatoms. The van der Waals surface area contributed by atoms with Gasteiger partial charge in [-0.3, -0.25) is 5.32 Å². The van der Waals surface area contributed by atoms with Crippen LogP contribution in [0.4, 0.5) is 10.5 Å². The van der Waals surface area contributed by atoms with Gasteiger partial charge in [0, 0.05) is 5.69 Å². The summed E-state index contributed by atoms with van der Waals surface area (Å²) in [6.07, 6.45) is 6.39. The number of nitrogens with one attached hydrogen (secondary N) is 1. The van der Waals surface area contributed by atoms with Crippen LogP contribution in [0.25, 0.3) is 0 Å². The highest BCUT2D eigenvalue weighted by Gasteiger charge is 2.55. The molecule has 0 unspecified atom stereocenters. The predicted octanol–water partition coefficient (Wildman–Crippen LogP) is 4.06. The van der Waals surface area contributed by atoms with Gasteiger partial charge in [-0.25, -0.2) is 4.79 Å². The lowest BCUT2D eigenvalue weighted by Gasteiger charge is -2.31. The summed E-state index contributed by atoms with van der Waals surface area (Å²) in [6.45, 7) is 0. The van der Waals surface area contributed by atoms with Crippen molar-refractivity contribution >= 4 is 11.8 Å². The normalized spacial score (nSPS) is 37.7. The van der Waals surface area contributed by atoms with Gasteiger partial charge in [0.15, 0.2) is 0 Å². The molecule has 3 aliphatic rings. The molecule has 1 N–H and O–H groups in total. The summed E-state index contributed by atoms with van der Waals surface area (Å²) in [4.78, 5) is 12.0. The maximum Gasteiger partial charge on any atom is 0.411 e. The monoisotopic (exact) mass is 271 g/mol. The van der Waals surface area contributed by atoms with E-state index in [4.69, 9.17) is 4.74 Å². The lowest BCUT2D eigenvalue weighted by molar-refractivity contribution is 0.0431. The quantitative estimate of drug-likeness (QED) is 0.881. The zero-order chi connectivity index (χ0) is 13.5. The molecule has 3 nitrogen and oxygen atoms in total. The van der Waals surface area contributed by atoms with E-state index < -0.39 is 0 Å². The van der Waals surface area contributed by atoms with Crippen LogP contribution in [0.3, 0.4) is 0 Å². The standard InChI is InChI=1S/C17H21NO2/c19-17(18-12-5-2-1-3-6-12)20-16-10-11-9-15(16)14-8-4-7-13(11)14/h1-3,5-6,11,13-16H,4,7-10H2,(H,18,19)/t11-,13-,14-,15-,16-/m0/s1. The van der Waals surface area contributed by atoms with Crippen molar-refractivity contribution in [3.05, 3.63) is 30.3 Å². The van der Waals surface area contributed by atoms with Gasteiger partial charge in [0.25, 0.3) is 0 Å².